The Hall–Kier alpha value is -3.79. The van der Waals surface area contributed by atoms with Crippen LogP contribution in [-0.2, 0) is 0 Å². The van der Waals surface area contributed by atoms with Crippen molar-refractivity contribution in [2.45, 2.75) is 0 Å². The Morgan fingerprint density at radius 2 is 1.81 bits per heavy atom. The number of amides is 1. The molecule has 1 heterocycles. The second kappa shape index (κ2) is 7.40. The minimum absolute atomic E-state index is 0.0775. The molecule has 128 valence electrons. The normalized spacial score (nSPS) is 10.0. The number of halogens is 2. The predicted octanol–water partition coefficient (Wildman–Crippen LogP) is 4.23. The topological polar surface area (TPSA) is 77.8 Å². The van der Waals surface area contributed by atoms with Gasteiger partial charge in [-0.1, -0.05) is 0 Å². The Bertz CT molecular complexity index is 980. The zero-order chi connectivity index (χ0) is 18.5. The highest BCUT2D eigenvalue weighted by molar-refractivity contribution is 6.04. The third-order valence-corrected chi connectivity index (χ3v) is 3.49. The van der Waals surface area contributed by atoms with Gasteiger partial charge in [-0.2, -0.15) is 5.26 Å². The van der Waals surface area contributed by atoms with Gasteiger partial charge in [-0.25, -0.2) is 13.8 Å². The molecule has 2 aromatic carbocycles. The molecule has 5 nitrogen and oxygen atoms in total. The van der Waals surface area contributed by atoms with Crippen molar-refractivity contribution in [2.24, 2.45) is 0 Å². The number of rotatable bonds is 4. The summed E-state index contributed by atoms with van der Waals surface area (Å²) in [5, 5.41) is 14.2. The van der Waals surface area contributed by atoms with Crippen LogP contribution in [0.15, 0.2) is 60.8 Å². The number of nitrogens with one attached hydrogen (secondary N) is 2. The van der Waals surface area contributed by atoms with E-state index in [-0.39, 0.29) is 11.6 Å². The second-order valence-electron chi connectivity index (χ2n) is 5.32. The molecule has 26 heavy (non-hydrogen) atoms. The van der Waals surface area contributed by atoms with Crippen LogP contribution in [0.5, 0.6) is 0 Å². The molecule has 1 aromatic heterocycles. The van der Waals surface area contributed by atoms with E-state index in [1.807, 2.05) is 6.07 Å². The number of carbonyl (C=O) groups excluding carboxylic acids is 1. The van der Waals surface area contributed by atoms with Gasteiger partial charge in [-0.15, -0.1) is 0 Å². The number of anilines is 3. The summed E-state index contributed by atoms with van der Waals surface area (Å²) >= 11 is 0. The van der Waals surface area contributed by atoms with Gasteiger partial charge in [0.15, 0.2) is 0 Å². The van der Waals surface area contributed by atoms with Crippen LogP contribution in [-0.4, -0.2) is 10.9 Å². The summed E-state index contributed by atoms with van der Waals surface area (Å²) in [7, 11) is 0. The molecule has 0 radical (unpaired) electrons. The third-order valence-electron chi connectivity index (χ3n) is 3.49. The molecule has 3 rings (SSSR count). The number of hydrogen-bond acceptors (Lipinski definition) is 4. The monoisotopic (exact) mass is 350 g/mol. The largest absolute Gasteiger partial charge is 0.338 e. The lowest BCUT2D eigenvalue weighted by Crippen LogP contribution is -2.12. The average molecular weight is 350 g/mol. The van der Waals surface area contributed by atoms with Crippen LogP contribution in [0.4, 0.5) is 26.0 Å². The summed E-state index contributed by atoms with van der Waals surface area (Å²) in [6.45, 7) is 0. The Morgan fingerprint density at radius 3 is 2.42 bits per heavy atom. The van der Waals surface area contributed by atoms with Crippen LogP contribution in [0, 0.1) is 23.0 Å². The zero-order valence-electron chi connectivity index (χ0n) is 13.3. The predicted molar refractivity (Wildman–Crippen MR) is 93.0 cm³/mol. The lowest BCUT2D eigenvalue weighted by Gasteiger charge is -2.08. The first-order valence-electron chi connectivity index (χ1n) is 7.55. The lowest BCUT2D eigenvalue weighted by atomic mass is 10.2. The van der Waals surface area contributed by atoms with Crippen LogP contribution in [0.3, 0.4) is 0 Å². The second-order valence-corrected chi connectivity index (χ2v) is 5.32. The summed E-state index contributed by atoms with van der Waals surface area (Å²) in [5.41, 5.74) is 1.42. The van der Waals surface area contributed by atoms with E-state index < -0.39 is 11.6 Å². The molecule has 2 N–H and O–H groups in total. The molecule has 0 unspecified atom stereocenters. The maximum atomic E-state index is 13.6. The standard InChI is InChI=1S/C19H12F2N4O/c20-14-4-7-17(16(21)9-14)25-18-8-3-13(11-23-18)19(26)24-15-5-1-12(10-22)2-6-15/h1-9,11H,(H,23,25)(H,24,26). The molecular formula is C19H12F2N4O. The Balaban J connectivity index is 1.68. The van der Waals surface area contributed by atoms with E-state index in [1.54, 1.807) is 24.3 Å². The number of pyridine rings is 1. The van der Waals surface area contributed by atoms with Gasteiger partial charge in [0.1, 0.15) is 17.5 Å². The third kappa shape index (κ3) is 3.99. The molecule has 0 atom stereocenters. The fourth-order valence-electron chi connectivity index (χ4n) is 2.16. The van der Waals surface area contributed by atoms with Gasteiger partial charge < -0.3 is 10.6 Å². The van der Waals surface area contributed by atoms with E-state index in [0.29, 0.717) is 22.6 Å². The molecule has 0 bridgehead atoms. The van der Waals surface area contributed by atoms with E-state index in [9.17, 15) is 13.6 Å². The lowest BCUT2D eigenvalue weighted by molar-refractivity contribution is 0.102. The van der Waals surface area contributed by atoms with Crippen molar-refractivity contribution in [1.82, 2.24) is 4.98 Å². The first-order valence-corrected chi connectivity index (χ1v) is 7.55. The average Bonchev–Trinajstić information content (AvgIpc) is 2.65. The molecule has 7 heteroatoms. The van der Waals surface area contributed by atoms with Crippen molar-refractivity contribution in [2.75, 3.05) is 10.6 Å². The highest BCUT2D eigenvalue weighted by atomic mass is 19.1. The Kier molecular flexibility index (Phi) is 4.85. The van der Waals surface area contributed by atoms with E-state index in [1.165, 1.54) is 24.4 Å². The maximum Gasteiger partial charge on any atom is 0.257 e. The van der Waals surface area contributed by atoms with E-state index in [2.05, 4.69) is 15.6 Å². The molecule has 0 saturated carbocycles. The van der Waals surface area contributed by atoms with Crippen molar-refractivity contribution in [3.8, 4) is 6.07 Å². The summed E-state index contributed by atoms with van der Waals surface area (Å²) in [6.07, 6.45) is 1.34. The van der Waals surface area contributed by atoms with Crippen molar-refractivity contribution in [3.05, 3.63) is 83.6 Å². The molecular weight excluding hydrogens is 338 g/mol. The summed E-state index contributed by atoms with van der Waals surface area (Å²) in [4.78, 5) is 16.2. The Labute approximate surface area is 147 Å². The zero-order valence-corrected chi connectivity index (χ0v) is 13.3. The van der Waals surface area contributed by atoms with Crippen molar-refractivity contribution < 1.29 is 13.6 Å². The van der Waals surface area contributed by atoms with Gasteiger partial charge in [0.05, 0.1) is 22.9 Å². The minimum atomic E-state index is -0.741. The molecule has 0 spiro atoms. The molecule has 0 aliphatic carbocycles. The quantitative estimate of drug-likeness (QED) is 0.738. The maximum absolute atomic E-state index is 13.6. The van der Waals surface area contributed by atoms with Crippen LogP contribution < -0.4 is 10.6 Å². The molecule has 3 aromatic rings. The molecule has 1 amide bonds. The van der Waals surface area contributed by atoms with Crippen LogP contribution >= 0.6 is 0 Å². The fraction of sp³-hybridized carbons (Fsp3) is 0. The first-order chi connectivity index (χ1) is 12.5. The number of nitriles is 1. The molecule has 0 fully saturated rings. The van der Waals surface area contributed by atoms with Crippen molar-refractivity contribution >= 4 is 23.1 Å². The minimum Gasteiger partial charge on any atom is -0.338 e. The van der Waals surface area contributed by atoms with Crippen molar-refractivity contribution in [1.29, 1.82) is 5.26 Å². The summed E-state index contributed by atoms with van der Waals surface area (Å²) in [5.74, 6) is -1.47. The summed E-state index contributed by atoms with van der Waals surface area (Å²) < 4.78 is 26.5. The number of aromatic nitrogens is 1. The number of hydrogen-bond donors (Lipinski definition) is 2. The van der Waals surface area contributed by atoms with Crippen LogP contribution in [0.25, 0.3) is 0 Å². The summed E-state index contributed by atoms with van der Waals surface area (Å²) in [6, 6.07) is 14.6. The van der Waals surface area contributed by atoms with E-state index in [4.69, 9.17) is 5.26 Å². The molecule has 0 aliphatic rings. The van der Waals surface area contributed by atoms with Crippen LogP contribution in [0.2, 0.25) is 0 Å². The van der Waals surface area contributed by atoms with Gasteiger partial charge >= 0.3 is 0 Å². The highest BCUT2D eigenvalue weighted by Gasteiger charge is 2.08. The van der Waals surface area contributed by atoms with Gasteiger partial charge in [0.25, 0.3) is 5.91 Å². The Morgan fingerprint density at radius 1 is 1.04 bits per heavy atom. The molecule has 0 saturated heterocycles. The first kappa shape index (κ1) is 17.0. The van der Waals surface area contributed by atoms with Gasteiger partial charge in [-0.3, -0.25) is 4.79 Å². The fourth-order valence-corrected chi connectivity index (χ4v) is 2.16. The number of benzene rings is 2. The molecule has 0 aliphatic heterocycles. The smallest absolute Gasteiger partial charge is 0.257 e. The van der Waals surface area contributed by atoms with E-state index >= 15 is 0 Å². The van der Waals surface area contributed by atoms with E-state index in [0.717, 1.165) is 12.1 Å². The van der Waals surface area contributed by atoms with Crippen LogP contribution in [0.1, 0.15) is 15.9 Å². The SMILES string of the molecule is N#Cc1ccc(NC(=O)c2ccc(Nc3ccc(F)cc3F)nc2)cc1. The van der Waals surface area contributed by atoms with Gasteiger partial charge in [-0.05, 0) is 48.5 Å². The van der Waals surface area contributed by atoms with Crippen molar-refractivity contribution in [3.63, 3.8) is 0 Å². The van der Waals surface area contributed by atoms with Gasteiger partial charge in [0.2, 0.25) is 0 Å². The number of carbonyl (C=O) groups is 1. The van der Waals surface area contributed by atoms with Gasteiger partial charge in [0, 0.05) is 18.0 Å². The number of nitrogens with zero attached hydrogens (tertiary/aromatic N) is 2. The highest BCUT2D eigenvalue weighted by Crippen LogP contribution is 2.19.